The standard InChI is InChI=1S/C21H23FN4O2/c1-25(2)11-16-8-9-17(10-19(16)22)27-18-12-26(13-18)14-20-23-24-21(28-20)15-6-4-3-5-7-15/h3-10,18H,11-14H2,1-2H3. The predicted molar refractivity (Wildman–Crippen MR) is 103 cm³/mol. The Balaban J connectivity index is 1.27. The Kier molecular flexibility index (Phi) is 5.36. The second-order valence-electron chi connectivity index (χ2n) is 7.29. The fourth-order valence-electron chi connectivity index (χ4n) is 3.20. The van der Waals surface area contributed by atoms with Gasteiger partial charge in [-0.3, -0.25) is 4.90 Å². The molecule has 0 spiro atoms. The lowest BCUT2D eigenvalue weighted by Gasteiger charge is -2.38. The number of hydrogen-bond donors (Lipinski definition) is 0. The molecule has 1 fully saturated rings. The van der Waals surface area contributed by atoms with Crippen LogP contribution in [0.3, 0.4) is 0 Å². The zero-order chi connectivity index (χ0) is 19.5. The van der Waals surface area contributed by atoms with E-state index in [0.29, 0.717) is 36.2 Å². The normalized spacial score (nSPS) is 15.0. The molecular formula is C21H23FN4O2. The van der Waals surface area contributed by atoms with Gasteiger partial charge >= 0.3 is 0 Å². The molecule has 0 radical (unpaired) electrons. The molecule has 146 valence electrons. The van der Waals surface area contributed by atoms with E-state index in [1.54, 1.807) is 6.07 Å². The maximum atomic E-state index is 14.1. The predicted octanol–water partition coefficient (Wildman–Crippen LogP) is 3.20. The molecule has 1 aromatic heterocycles. The molecule has 4 rings (SSSR count). The lowest BCUT2D eigenvalue weighted by Crippen LogP contribution is -2.53. The lowest BCUT2D eigenvalue weighted by molar-refractivity contribution is 0.00957. The van der Waals surface area contributed by atoms with Crippen LogP contribution >= 0.6 is 0 Å². The van der Waals surface area contributed by atoms with Gasteiger partial charge in [0.1, 0.15) is 17.7 Å². The van der Waals surface area contributed by atoms with Gasteiger partial charge in [0.15, 0.2) is 0 Å². The molecule has 7 heteroatoms. The number of ether oxygens (including phenoxy) is 1. The van der Waals surface area contributed by atoms with E-state index in [9.17, 15) is 4.39 Å². The second kappa shape index (κ2) is 8.08. The molecule has 28 heavy (non-hydrogen) atoms. The van der Waals surface area contributed by atoms with E-state index in [2.05, 4.69) is 15.1 Å². The molecule has 0 saturated carbocycles. The van der Waals surface area contributed by atoms with Crippen molar-refractivity contribution in [2.75, 3.05) is 27.2 Å². The first-order chi connectivity index (χ1) is 13.6. The fourth-order valence-corrected chi connectivity index (χ4v) is 3.20. The molecule has 1 aliphatic heterocycles. The minimum Gasteiger partial charge on any atom is -0.488 e. The first kappa shape index (κ1) is 18.6. The smallest absolute Gasteiger partial charge is 0.247 e. The van der Waals surface area contributed by atoms with Gasteiger partial charge in [0, 0.05) is 36.8 Å². The van der Waals surface area contributed by atoms with Crippen LogP contribution in [0.1, 0.15) is 11.5 Å². The highest BCUT2D eigenvalue weighted by atomic mass is 19.1. The highest BCUT2D eigenvalue weighted by Crippen LogP contribution is 2.23. The Labute approximate surface area is 163 Å². The Bertz CT molecular complexity index is 923. The van der Waals surface area contributed by atoms with Crippen LogP contribution in [0.15, 0.2) is 52.9 Å². The summed E-state index contributed by atoms with van der Waals surface area (Å²) < 4.78 is 25.7. The average Bonchev–Trinajstić information content (AvgIpc) is 3.11. The number of hydrogen-bond acceptors (Lipinski definition) is 6. The highest BCUT2D eigenvalue weighted by molar-refractivity contribution is 5.51. The third kappa shape index (κ3) is 4.37. The van der Waals surface area contributed by atoms with Crippen molar-refractivity contribution in [3.05, 3.63) is 65.8 Å². The summed E-state index contributed by atoms with van der Waals surface area (Å²) in [7, 11) is 3.83. The molecule has 0 atom stereocenters. The first-order valence-corrected chi connectivity index (χ1v) is 9.27. The molecular weight excluding hydrogens is 359 g/mol. The SMILES string of the molecule is CN(C)Cc1ccc(OC2CN(Cc3nnc(-c4ccccc4)o3)C2)cc1F. The van der Waals surface area contributed by atoms with Crippen LogP contribution in [0, 0.1) is 5.82 Å². The van der Waals surface area contributed by atoms with E-state index in [1.807, 2.05) is 55.4 Å². The van der Waals surface area contributed by atoms with Crippen LogP contribution in [-0.4, -0.2) is 53.3 Å². The van der Waals surface area contributed by atoms with E-state index < -0.39 is 0 Å². The number of likely N-dealkylation sites (tertiary alicyclic amines) is 1. The summed E-state index contributed by atoms with van der Waals surface area (Å²) in [6.07, 6.45) is 0.0376. The first-order valence-electron chi connectivity index (χ1n) is 9.27. The molecule has 0 unspecified atom stereocenters. The quantitative estimate of drug-likeness (QED) is 0.626. The minimum absolute atomic E-state index is 0.0376. The number of benzene rings is 2. The van der Waals surface area contributed by atoms with Crippen LogP contribution in [0.25, 0.3) is 11.5 Å². The Morgan fingerprint density at radius 3 is 2.64 bits per heavy atom. The van der Waals surface area contributed by atoms with Gasteiger partial charge in [-0.15, -0.1) is 10.2 Å². The van der Waals surface area contributed by atoms with Crippen LogP contribution < -0.4 is 4.74 Å². The number of aromatic nitrogens is 2. The Morgan fingerprint density at radius 2 is 1.93 bits per heavy atom. The van der Waals surface area contributed by atoms with Gasteiger partial charge in [-0.1, -0.05) is 24.3 Å². The van der Waals surface area contributed by atoms with Gasteiger partial charge in [0.05, 0.1) is 6.54 Å². The monoisotopic (exact) mass is 382 g/mol. The Morgan fingerprint density at radius 1 is 1.14 bits per heavy atom. The van der Waals surface area contributed by atoms with E-state index in [1.165, 1.54) is 6.07 Å². The van der Waals surface area contributed by atoms with Crippen molar-refractivity contribution in [1.82, 2.24) is 20.0 Å². The number of nitrogens with zero attached hydrogens (tertiary/aromatic N) is 4. The summed E-state index contributed by atoms with van der Waals surface area (Å²) >= 11 is 0. The minimum atomic E-state index is -0.235. The lowest BCUT2D eigenvalue weighted by atomic mass is 10.1. The summed E-state index contributed by atoms with van der Waals surface area (Å²) in [5, 5.41) is 8.22. The van der Waals surface area contributed by atoms with Gasteiger partial charge in [0.2, 0.25) is 11.8 Å². The summed E-state index contributed by atoms with van der Waals surface area (Å²) in [5.41, 5.74) is 1.57. The van der Waals surface area contributed by atoms with Crippen LogP contribution in [-0.2, 0) is 13.1 Å². The number of rotatable bonds is 7. The summed E-state index contributed by atoms with van der Waals surface area (Å²) in [5.74, 6) is 1.43. The van der Waals surface area contributed by atoms with E-state index in [0.717, 1.165) is 18.7 Å². The third-order valence-corrected chi connectivity index (χ3v) is 4.58. The van der Waals surface area contributed by atoms with E-state index in [-0.39, 0.29) is 11.9 Å². The van der Waals surface area contributed by atoms with Crippen molar-refractivity contribution in [2.45, 2.75) is 19.2 Å². The van der Waals surface area contributed by atoms with Crippen LogP contribution in [0.5, 0.6) is 5.75 Å². The topological polar surface area (TPSA) is 54.6 Å². The van der Waals surface area contributed by atoms with Gasteiger partial charge < -0.3 is 14.1 Å². The van der Waals surface area contributed by atoms with E-state index >= 15 is 0 Å². The summed E-state index contributed by atoms with van der Waals surface area (Å²) in [6, 6.07) is 14.8. The van der Waals surface area contributed by atoms with Crippen LogP contribution in [0.4, 0.5) is 4.39 Å². The van der Waals surface area contributed by atoms with Gasteiger partial charge in [-0.25, -0.2) is 4.39 Å². The molecule has 2 heterocycles. The van der Waals surface area contributed by atoms with Crippen molar-refractivity contribution in [3.63, 3.8) is 0 Å². The molecule has 0 amide bonds. The van der Waals surface area contributed by atoms with Crippen molar-refractivity contribution in [3.8, 4) is 17.2 Å². The zero-order valence-corrected chi connectivity index (χ0v) is 16.0. The maximum Gasteiger partial charge on any atom is 0.247 e. The molecule has 2 aromatic carbocycles. The summed E-state index contributed by atoms with van der Waals surface area (Å²) in [6.45, 7) is 2.63. The van der Waals surface area contributed by atoms with Crippen molar-refractivity contribution >= 4 is 0 Å². The third-order valence-electron chi connectivity index (χ3n) is 4.58. The van der Waals surface area contributed by atoms with E-state index in [4.69, 9.17) is 9.15 Å². The van der Waals surface area contributed by atoms with Gasteiger partial charge in [-0.05, 0) is 32.3 Å². The molecule has 6 nitrogen and oxygen atoms in total. The summed E-state index contributed by atoms with van der Waals surface area (Å²) in [4.78, 5) is 4.09. The van der Waals surface area contributed by atoms with Gasteiger partial charge in [-0.2, -0.15) is 0 Å². The van der Waals surface area contributed by atoms with Crippen molar-refractivity contribution in [2.24, 2.45) is 0 Å². The fraction of sp³-hybridized carbons (Fsp3) is 0.333. The van der Waals surface area contributed by atoms with Crippen molar-refractivity contribution in [1.29, 1.82) is 0 Å². The molecule has 0 N–H and O–H groups in total. The molecule has 0 aliphatic carbocycles. The molecule has 3 aromatic rings. The van der Waals surface area contributed by atoms with Crippen LogP contribution in [0.2, 0.25) is 0 Å². The van der Waals surface area contributed by atoms with Gasteiger partial charge in [0.25, 0.3) is 0 Å². The average molecular weight is 382 g/mol. The van der Waals surface area contributed by atoms with Crippen molar-refractivity contribution < 1.29 is 13.5 Å². The second-order valence-corrected chi connectivity index (χ2v) is 7.29. The maximum absolute atomic E-state index is 14.1. The molecule has 1 saturated heterocycles. The highest BCUT2D eigenvalue weighted by Gasteiger charge is 2.30. The Hall–Kier alpha value is -2.77. The number of halogens is 1. The zero-order valence-electron chi connectivity index (χ0n) is 16.0. The molecule has 0 bridgehead atoms. The molecule has 1 aliphatic rings. The largest absolute Gasteiger partial charge is 0.488 e.